The summed E-state index contributed by atoms with van der Waals surface area (Å²) < 4.78 is 5.31. The van der Waals surface area contributed by atoms with E-state index >= 15 is 0 Å². The summed E-state index contributed by atoms with van der Waals surface area (Å²) in [7, 11) is 0. The van der Waals surface area contributed by atoms with Gasteiger partial charge >= 0.3 is 6.09 Å². The van der Waals surface area contributed by atoms with Gasteiger partial charge in [0.05, 0.1) is 6.04 Å². The molecule has 0 aromatic heterocycles. The fraction of sp³-hybridized carbons (Fsp3) is 0.833. The van der Waals surface area contributed by atoms with Crippen LogP contribution in [0.4, 0.5) is 4.79 Å². The molecule has 0 saturated carbocycles. The first-order chi connectivity index (χ1) is 7.87. The number of hydrogen-bond donors (Lipinski definition) is 0. The van der Waals surface area contributed by atoms with Crippen LogP contribution in [0.3, 0.4) is 0 Å². The van der Waals surface area contributed by atoms with Gasteiger partial charge in [-0.15, -0.1) is 0 Å². The van der Waals surface area contributed by atoms with Gasteiger partial charge in [-0.2, -0.15) is 5.10 Å². The lowest BCUT2D eigenvalue weighted by atomic mass is 10.1. The maximum Gasteiger partial charge on any atom is 0.410 e. The quantitative estimate of drug-likeness (QED) is 0.699. The van der Waals surface area contributed by atoms with Crippen LogP contribution in [0.1, 0.15) is 34.1 Å². The van der Waals surface area contributed by atoms with Crippen LogP contribution in [0.15, 0.2) is 5.10 Å². The predicted octanol–water partition coefficient (Wildman–Crippen LogP) is 1.69. The van der Waals surface area contributed by atoms with E-state index in [1.165, 1.54) is 0 Å². The van der Waals surface area contributed by atoms with E-state index in [9.17, 15) is 4.79 Å². The monoisotopic (exact) mass is 239 g/mol. The molecule has 2 rings (SSSR count). The molecule has 0 aromatic rings. The van der Waals surface area contributed by atoms with E-state index in [2.05, 4.69) is 17.0 Å². The number of amides is 1. The molecule has 0 aromatic carbocycles. The number of ether oxygens (including phenoxy) is 1. The molecule has 0 radical (unpaired) electrons. The molecule has 0 aliphatic carbocycles. The number of likely N-dealkylation sites (tertiary alicyclic amines) is 1. The van der Waals surface area contributed by atoms with E-state index in [4.69, 9.17) is 4.74 Å². The highest BCUT2D eigenvalue weighted by molar-refractivity contribution is 5.69. The lowest BCUT2D eigenvalue weighted by Gasteiger charge is -2.44. The van der Waals surface area contributed by atoms with Gasteiger partial charge in [0.25, 0.3) is 0 Å². The average molecular weight is 239 g/mol. The lowest BCUT2D eigenvalue weighted by molar-refractivity contribution is -0.0194. The highest BCUT2D eigenvalue weighted by Crippen LogP contribution is 2.23. The summed E-state index contributed by atoms with van der Waals surface area (Å²) >= 11 is 0. The molecule has 2 aliphatic rings. The first-order valence-corrected chi connectivity index (χ1v) is 6.15. The van der Waals surface area contributed by atoms with Crippen molar-refractivity contribution in [3.63, 3.8) is 0 Å². The van der Waals surface area contributed by atoms with Gasteiger partial charge < -0.3 is 9.64 Å². The number of rotatable bonds is 1. The molecule has 0 bridgehead atoms. The summed E-state index contributed by atoms with van der Waals surface area (Å²) in [6.07, 6.45) is 2.73. The van der Waals surface area contributed by atoms with Crippen molar-refractivity contribution in [3.05, 3.63) is 0 Å². The topological polar surface area (TPSA) is 45.1 Å². The summed E-state index contributed by atoms with van der Waals surface area (Å²) in [5, 5.41) is 6.43. The van der Waals surface area contributed by atoms with Crippen LogP contribution in [0.5, 0.6) is 0 Å². The molecule has 1 fully saturated rings. The van der Waals surface area contributed by atoms with Gasteiger partial charge in [-0.05, 0) is 27.7 Å². The second-order valence-electron chi connectivity index (χ2n) is 5.80. The Labute approximate surface area is 102 Å². The van der Waals surface area contributed by atoms with Gasteiger partial charge in [0.2, 0.25) is 0 Å². The van der Waals surface area contributed by atoms with Crippen molar-refractivity contribution in [2.24, 2.45) is 5.10 Å². The van der Waals surface area contributed by atoms with Crippen molar-refractivity contribution in [1.82, 2.24) is 9.91 Å². The van der Waals surface area contributed by atoms with Crippen LogP contribution < -0.4 is 0 Å². The van der Waals surface area contributed by atoms with Gasteiger partial charge in [0.1, 0.15) is 5.60 Å². The molecule has 17 heavy (non-hydrogen) atoms. The van der Waals surface area contributed by atoms with E-state index in [-0.39, 0.29) is 6.09 Å². The SMILES string of the molecule is CC1CC=NN1C1CN(C(=O)OC(C)(C)C)C1. The number of nitrogens with zero attached hydrogens (tertiary/aromatic N) is 3. The van der Waals surface area contributed by atoms with E-state index in [0.717, 1.165) is 19.5 Å². The van der Waals surface area contributed by atoms with Gasteiger partial charge in [-0.3, -0.25) is 5.01 Å². The molecule has 2 heterocycles. The molecule has 1 atom stereocenters. The summed E-state index contributed by atoms with van der Waals surface area (Å²) in [5.41, 5.74) is -0.415. The number of carbonyl (C=O) groups excluding carboxylic acids is 1. The van der Waals surface area contributed by atoms with Crippen LogP contribution in [0, 0.1) is 0 Å². The summed E-state index contributed by atoms with van der Waals surface area (Å²) in [5.74, 6) is 0. The second kappa shape index (κ2) is 4.20. The van der Waals surface area contributed by atoms with Gasteiger partial charge in [0.15, 0.2) is 0 Å². The van der Waals surface area contributed by atoms with Crippen LogP contribution >= 0.6 is 0 Å². The Morgan fingerprint density at radius 3 is 2.53 bits per heavy atom. The molecular formula is C12H21N3O2. The molecule has 0 N–H and O–H groups in total. The minimum atomic E-state index is -0.415. The van der Waals surface area contributed by atoms with Crippen molar-refractivity contribution in [3.8, 4) is 0 Å². The normalized spacial score (nSPS) is 25.1. The van der Waals surface area contributed by atoms with Gasteiger partial charge in [-0.1, -0.05) is 0 Å². The third-order valence-electron chi connectivity index (χ3n) is 3.00. The zero-order chi connectivity index (χ0) is 12.6. The summed E-state index contributed by atoms with van der Waals surface area (Å²) in [6.45, 7) is 9.25. The van der Waals surface area contributed by atoms with Crippen molar-refractivity contribution in [2.75, 3.05) is 13.1 Å². The summed E-state index contributed by atoms with van der Waals surface area (Å²) in [4.78, 5) is 13.5. The largest absolute Gasteiger partial charge is 0.444 e. The number of hydrogen-bond acceptors (Lipinski definition) is 4. The van der Waals surface area contributed by atoms with Crippen molar-refractivity contribution < 1.29 is 9.53 Å². The lowest BCUT2D eigenvalue weighted by Crippen LogP contribution is -2.61. The van der Waals surface area contributed by atoms with Crippen LogP contribution in [0.25, 0.3) is 0 Å². The maximum absolute atomic E-state index is 11.7. The van der Waals surface area contributed by atoms with E-state index < -0.39 is 5.60 Å². The van der Waals surface area contributed by atoms with E-state index in [0.29, 0.717) is 12.1 Å². The molecule has 1 unspecified atom stereocenters. The predicted molar refractivity (Wildman–Crippen MR) is 66.0 cm³/mol. The van der Waals surface area contributed by atoms with E-state index in [1.54, 1.807) is 4.90 Å². The summed E-state index contributed by atoms with van der Waals surface area (Å²) in [6, 6.07) is 0.817. The molecule has 5 nitrogen and oxygen atoms in total. The first kappa shape index (κ1) is 12.2. The minimum absolute atomic E-state index is 0.218. The molecule has 2 aliphatic heterocycles. The molecule has 5 heteroatoms. The Morgan fingerprint density at radius 2 is 2.06 bits per heavy atom. The Balaban J connectivity index is 1.79. The van der Waals surface area contributed by atoms with Crippen LogP contribution in [0.2, 0.25) is 0 Å². The smallest absolute Gasteiger partial charge is 0.410 e. The highest BCUT2D eigenvalue weighted by Gasteiger charge is 2.39. The Morgan fingerprint density at radius 1 is 1.41 bits per heavy atom. The Bertz CT molecular complexity index is 329. The molecule has 96 valence electrons. The van der Waals surface area contributed by atoms with Gasteiger partial charge in [-0.25, -0.2) is 4.79 Å². The third kappa shape index (κ3) is 2.70. The maximum atomic E-state index is 11.7. The standard InChI is InChI=1S/C12H21N3O2/c1-9-5-6-13-15(9)10-7-14(8-10)11(16)17-12(2,3)4/h6,9-10H,5,7-8H2,1-4H3. The highest BCUT2D eigenvalue weighted by atomic mass is 16.6. The number of carbonyl (C=O) groups is 1. The molecular weight excluding hydrogens is 218 g/mol. The number of hydrazone groups is 1. The first-order valence-electron chi connectivity index (χ1n) is 6.15. The fourth-order valence-electron chi connectivity index (χ4n) is 2.07. The average Bonchev–Trinajstić information content (AvgIpc) is 2.46. The molecule has 0 spiro atoms. The van der Waals surface area contributed by atoms with Crippen molar-refractivity contribution in [2.45, 2.75) is 51.8 Å². The van der Waals surface area contributed by atoms with Crippen LogP contribution in [-0.4, -0.2) is 53.0 Å². The minimum Gasteiger partial charge on any atom is -0.444 e. The zero-order valence-electron chi connectivity index (χ0n) is 11.0. The second-order valence-corrected chi connectivity index (χ2v) is 5.80. The zero-order valence-corrected chi connectivity index (χ0v) is 11.0. The van der Waals surface area contributed by atoms with Gasteiger partial charge in [0, 0.05) is 31.8 Å². The van der Waals surface area contributed by atoms with Crippen molar-refractivity contribution >= 4 is 12.3 Å². The van der Waals surface area contributed by atoms with Crippen molar-refractivity contribution in [1.29, 1.82) is 0 Å². The fourth-order valence-corrected chi connectivity index (χ4v) is 2.07. The third-order valence-corrected chi connectivity index (χ3v) is 3.00. The molecule has 1 amide bonds. The van der Waals surface area contributed by atoms with Crippen LogP contribution in [-0.2, 0) is 4.74 Å². The molecule has 1 saturated heterocycles. The van der Waals surface area contributed by atoms with E-state index in [1.807, 2.05) is 27.0 Å². The Hall–Kier alpha value is -1.26. The Kier molecular flexibility index (Phi) is 3.02.